The van der Waals surface area contributed by atoms with Crippen molar-refractivity contribution in [3.05, 3.63) is 94.0 Å². The minimum absolute atomic E-state index is 0.0448. The van der Waals surface area contributed by atoms with Crippen molar-refractivity contribution < 1.29 is 26.4 Å². The van der Waals surface area contributed by atoms with Crippen molar-refractivity contribution in [2.24, 2.45) is 0 Å². The SMILES string of the molecule is Cc1ccc(S(=O)(=O)N2c3ccccc3[C@@]3(c4ccc(Br)cc4)O[C@]2(C)N(F)CCC3(F)F)cc1. The number of alkyl halides is 2. The highest BCUT2D eigenvalue weighted by atomic mass is 79.9. The van der Waals surface area contributed by atoms with Crippen LogP contribution in [0.1, 0.15) is 30.0 Å². The van der Waals surface area contributed by atoms with Gasteiger partial charge < -0.3 is 4.74 Å². The zero-order valence-corrected chi connectivity index (χ0v) is 21.3. The summed E-state index contributed by atoms with van der Waals surface area (Å²) in [4.78, 5) is -0.108. The molecule has 3 aromatic rings. The number of anilines is 1. The van der Waals surface area contributed by atoms with E-state index in [1.807, 2.05) is 0 Å². The van der Waals surface area contributed by atoms with E-state index in [0.29, 0.717) is 4.47 Å². The number of nitrogens with zero attached hydrogens (tertiary/aromatic N) is 2. The fourth-order valence-electron chi connectivity index (χ4n) is 4.88. The van der Waals surface area contributed by atoms with Crippen LogP contribution in [0, 0.1) is 6.92 Å². The molecule has 0 aliphatic carbocycles. The van der Waals surface area contributed by atoms with Crippen LogP contribution < -0.4 is 4.31 Å². The molecule has 5 nitrogen and oxygen atoms in total. The molecule has 0 unspecified atom stereocenters. The molecule has 2 aliphatic heterocycles. The number of fused-ring (bicyclic) bond motifs is 4. The van der Waals surface area contributed by atoms with Gasteiger partial charge in [-0.15, -0.1) is 4.48 Å². The van der Waals surface area contributed by atoms with Crippen LogP contribution in [0.3, 0.4) is 0 Å². The third-order valence-electron chi connectivity index (χ3n) is 6.62. The molecule has 2 aliphatic rings. The highest BCUT2D eigenvalue weighted by Gasteiger charge is 2.69. The van der Waals surface area contributed by atoms with Gasteiger partial charge in [-0.2, -0.15) is 0 Å². The van der Waals surface area contributed by atoms with Gasteiger partial charge in [0.05, 0.1) is 10.6 Å². The molecule has 0 spiro atoms. The van der Waals surface area contributed by atoms with Crippen LogP contribution in [0.2, 0.25) is 0 Å². The second-order valence-corrected chi connectivity index (χ2v) is 11.6. The largest absolute Gasteiger partial charge is 0.317 e. The van der Waals surface area contributed by atoms with E-state index in [9.17, 15) is 8.42 Å². The van der Waals surface area contributed by atoms with Crippen molar-refractivity contribution in [3.63, 3.8) is 0 Å². The minimum Gasteiger partial charge on any atom is -0.317 e. The highest BCUT2D eigenvalue weighted by molar-refractivity contribution is 9.10. The van der Waals surface area contributed by atoms with Crippen LogP contribution in [0.25, 0.3) is 0 Å². The fourth-order valence-corrected chi connectivity index (χ4v) is 6.82. The summed E-state index contributed by atoms with van der Waals surface area (Å²) in [7, 11) is -4.43. The van der Waals surface area contributed by atoms with Crippen molar-refractivity contribution >= 4 is 31.6 Å². The summed E-state index contributed by atoms with van der Waals surface area (Å²) < 4.78 is 83.3. The summed E-state index contributed by atoms with van der Waals surface area (Å²) in [5.74, 6) is -5.97. The lowest BCUT2D eigenvalue weighted by Gasteiger charge is -2.53. The lowest BCUT2D eigenvalue weighted by Crippen LogP contribution is -2.66. The van der Waals surface area contributed by atoms with Gasteiger partial charge >= 0.3 is 0 Å². The lowest BCUT2D eigenvalue weighted by atomic mass is 9.77. The maximum absolute atomic E-state index is 16.1. The molecule has 0 saturated carbocycles. The smallest absolute Gasteiger partial charge is 0.286 e. The first-order valence-electron chi connectivity index (χ1n) is 10.9. The van der Waals surface area contributed by atoms with Gasteiger partial charge in [0, 0.05) is 29.9 Å². The van der Waals surface area contributed by atoms with Gasteiger partial charge in [-0.1, -0.05) is 69.1 Å². The van der Waals surface area contributed by atoms with Gasteiger partial charge in [0.25, 0.3) is 15.9 Å². The van der Waals surface area contributed by atoms with Gasteiger partial charge in [0.15, 0.2) is 5.60 Å². The van der Waals surface area contributed by atoms with Gasteiger partial charge in [-0.25, -0.2) is 21.5 Å². The topological polar surface area (TPSA) is 49.9 Å². The first-order chi connectivity index (χ1) is 16.4. The van der Waals surface area contributed by atoms with E-state index in [1.165, 1.54) is 55.5 Å². The lowest BCUT2D eigenvalue weighted by molar-refractivity contribution is -0.288. The predicted octanol–water partition coefficient (Wildman–Crippen LogP) is 6.13. The van der Waals surface area contributed by atoms with Crippen LogP contribution in [0.15, 0.2) is 82.2 Å². The molecule has 184 valence electrons. The van der Waals surface area contributed by atoms with Gasteiger partial charge in [-0.3, -0.25) is 0 Å². The van der Waals surface area contributed by atoms with E-state index < -0.39 is 40.4 Å². The Labute approximate surface area is 210 Å². The van der Waals surface area contributed by atoms with Crippen LogP contribution >= 0.6 is 15.9 Å². The Kier molecular flexibility index (Phi) is 5.59. The second kappa shape index (κ2) is 8.06. The number of aryl methyl sites for hydroxylation is 1. The molecule has 0 amide bonds. The Bertz CT molecular complexity index is 1390. The number of hydrogen-bond acceptors (Lipinski definition) is 4. The molecule has 10 heteroatoms. The molecule has 0 aromatic heterocycles. The van der Waals surface area contributed by atoms with Crippen molar-refractivity contribution in [2.45, 2.75) is 42.5 Å². The zero-order chi connectivity index (χ0) is 25.2. The molecule has 2 atom stereocenters. The molecule has 3 aromatic carbocycles. The maximum atomic E-state index is 16.1. The van der Waals surface area contributed by atoms with Crippen molar-refractivity contribution in [1.29, 1.82) is 0 Å². The number of rotatable bonds is 3. The molecule has 1 fully saturated rings. The third-order valence-corrected chi connectivity index (χ3v) is 9.04. The summed E-state index contributed by atoms with van der Waals surface area (Å²) in [6.07, 6.45) is -0.887. The quantitative estimate of drug-likeness (QED) is 0.358. The summed E-state index contributed by atoms with van der Waals surface area (Å²) in [5.41, 5.74) is -1.64. The molecule has 0 N–H and O–H groups in total. The number of ether oxygens (including phenoxy) is 1. The third kappa shape index (κ3) is 3.45. The average molecular weight is 567 g/mol. The Morgan fingerprint density at radius 1 is 0.971 bits per heavy atom. The highest BCUT2D eigenvalue weighted by Crippen LogP contribution is 2.60. The molecule has 2 bridgehead atoms. The van der Waals surface area contributed by atoms with E-state index in [1.54, 1.807) is 31.2 Å². The van der Waals surface area contributed by atoms with E-state index in [-0.39, 0.29) is 26.8 Å². The fraction of sp³-hybridized carbons (Fsp3) is 0.280. The number of benzene rings is 3. The van der Waals surface area contributed by atoms with Crippen LogP contribution in [0.4, 0.5) is 18.9 Å². The summed E-state index contributed by atoms with van der Waals surface area (Å²) in [6, 6.07) is 18.1. The molecular formula is C25H22BrF3N2O3S. The normalized spacial score (nSPS) is 26.2. The van der Waals surface area contributed by atoms with E-state index in [4.69, 9.17) is 4.74 Å². The molecular weight excluding hydrogens is 545 g/mol. The molecule has 0 radical (unpaired) electrons. The van der Waals surface area contributed by atoms with Crippen LogP contribution in [0.5, 0.6) is 0 Å². The molecule has 1 saturated heterocycles. The van der Waals surface area contributed by atoms with E-state index in [2.05, 4.69) is 15.9 Å². The number of halogens is 4. The van der Waals surface area contributed by atoms with Gasteiger partial charge in [0.1, 0.15) is 0 Å². The average Bonchev–Trinajstić information content (AvgIpc) is 2.88. The summed E-state index contributed by atoms with van der Waals surface area (Å²) in [5, 5.41) is 0.0448. The summed E-state index contributed by atoms with van der Waals surface area (Å²) >= 11 is 3.31. The van der Waals surface area contributed by atoms with Crippen molar-refractivity contribution in [1.82, 2.24) is 5.12 Å². The standard InChI is InChI=1S/C25H22BrF3N2O3S/c1-17-7-13-20(14-8-17)35(32,33)31-22-6-4-3-5-21(22)25(18-9-11-19(26)12-10-18)24(27,28)15-16-30(29)23(31,2)34-25/h3-14H,15-16H2,1-2H3/t23-,25-/m1/s1. The molecule has 35 heavy (non-hydrogen) atoms. The Morgan fingerprint density at radius 2 is 1.60 bits per heavy atom. The monoisotopic (exact) mass is 566 g/mol. The minimum atomic E-state index is -4.43. The Balaban J connectivity index is 1.86. The zero-order valence-electron chi connectivity index (χ0n) is 18.9. The Hall–Kier alpha value is -2.40. The number of sulfonamides is 1. The van der Waals surface area contributed by atoms with E-state index in [0.717, 1.165) is 9.87 Å². The van der Waals surface area contributed by atoms with Crippen LogP contribution in [-0.4, -0.2) is 31.9 Å². The maximum Gasteiger partial charge on any atom is 0.286 e. The van der Waals surface area contributed by atoms with Crippen LogP contribution in [-0.2, 0) is 20.4 Å². The van der Waals surface area contributed by atoms with Crippen molar-refractivity contribution in [2.75, 3.05) is 10.8 Å². The molecule has 5 rings (SSSR count). The van der Waals surface area contributed by atoms with Gasteiger partial charge in [-0.05, 0) is 42.8 Å². The van der Waals surface area contributed by atoms with E-state index >= 15 is 13.3 Å². The Morgan fingerprint density at radius 3 is 2.26 bits per heavy atom. The second-order valence-electron chi connectivity index (χ2n) is 8.86. The summed E-state index contributed by atoms with van der Waals surface area (Å²) in [6.45, 7) is 2.24. The molecule has 2 heterocycles. The first-order valence-corrected chi connectivity index (χ1v) is 13.2. The van der Waals surface area contributed by atoms with Gasteiger partial charge in [0.2, 0.25) is 5.85 Å². The number of hydrogen-bond donors (Lipinski definition) is 0. The predicted molar refractivity (Wildman–Crippen MR) is 129 cm³/mol. The first kappa shape index (κ1) is 24.3. The number of para-hydroxylation sites is 1. The van der Waals surface area contributed by atoms with Crippen molar-refractivity contribution in [3.8, 4) is 0 Å².